The van der Waals surface area contributed by atoms with Gasteiger partial charge in [-0.3, -0.25) is 5.43 Å². The van der Waals surface area contributed by atoms with E-state index in [0.29, 0.717) is 24.4 Å². The minimum atomic E-state index is -0.555. The van der Waals surface area contributed by atoms with Crippen LogP contribution in [0.3, 0.4) is 0 Å². The molecule has 1 aromatic rings. The molecule has 3 unspecified atom stereocenters. The molecule has 21 heavy (non-hydrogen) atoms. The lowest BCUT2D eigenvalue weighted by Gasteiger charge is -2.39. The van der Waals surface area contributed by atoms with Crippen molar-refractivity contribution >= 4 is 0 Å². The highest BCUT2D eigenvalue weighted by atomic mass is 16.7. The molecule has 2 N–H and O–H groups in total. The third-order valence-electron chi connectivity index (χ3n) is 4.44. The maximum absolute atomic E-state index is 10.4. The van der Waals surface area contributed by atoms with Crippen molar-refractivity contribution in [3.63, 3.8) is 0 Å². The van der Waals surface area contributed by atoms with Crippen LogP contribution in [-0.4, -0.2) is 35.5 Å². The zero-order chi connectivity index (χ0) is 14.8. The highest BCUT2D eigenvalue weighted by molar-refractivity contribution is 5.45. The summed E-state index contributed by atoms with van der Waals surface area (Å²) in [5.41, 5.74) is 4.25. The minimum Gasteiger partial charge on any atom is -0.454 e. The highest BCUT2D eigenvalue weighted by Gasteiger charge is 2.25. The van der Waals surface area contributed by atoms with Gasteiger partial charge in [0, 0.05) is 18.6 Å². The lowest BCUT2D eigenvalue weighted by molar-refractivity contribution is 0.0262. The SMILES string of the molecule is CC1CCCC(C)N1NCC(O)c1ccc2c(c1)OCO2. The fourth-order valence-corrected chi connectivity index (χ4v) is 3.16. The van der Waals surface area contributed by atoms with Crippen molar-refractivity contribution in [2.75, 3.05) is 13.3 Å². The van der Waals surface area contributed by atoms with E-state index in [2.05, 4.69) is 24.3 Å². The first kappa shape index (κ1) is 14.6. The summed E-state index contributed by atoms with van der Waals surface area (Å²) in [6.07, 6.45) is 3.14. The predicted molar refractivity (Wildman–Crippen MR) is 80.1 cm³/mol. The average molecular weight is 292 g/mol. The minimum absolute atomic E-state index is 0.260. The zero-order valence-corrected chi connectivity index (χ0v) is 12.7. The van der Waals surface area contributed by atoms with Crippen LogP contribution in [0.25, 0.3) is 0 Å². The quantitative estimate of drug-likeness (QED) is 0.891. The van der Waals surface area contributed by atoms with E-state index in [4.69, 9.17) is 9.47 Å². The molecule has 0 amide bonds. The lowest BCUT2D eigenvalue weighted by Crippen LogP contribution is -2.52. The third kappa shape index (κ3) is 3.15. The summed E-state index contributed by atoms with van der Waals surface area (Å²) in [4.78, 5) is 0. The van der Waals surface area contributed by atoms with Gasteiger partial charge < -0.3 is 14.6 Å². The molecule has 3 atom stereocenters. The van der Waals surface area contributed by atoms with Crippen LogP contribution in [0.15, 0.2) is 18.2 Å². The molecule has 1 fully saturated rings. The summed E-state index contributed by atoms with van der Waals surface area (Å²) in [5, 5.41) is 12.6. The Hall–Kier alpha value is -1.30. The van der Waals surface area contributed by atoms with Gasteiger partial charge in [-0.05, 0) is 44.4 Å². The predicted octanol–water partition coefficient (Wildman–Crippen LogP) is 2.22. The number of hydrogen-bond acceptors (Lipinski definition) is 5. The first-order valence-corrected chi connectivity index (χ1v) is 7.74. The van der Waals surface area contributed by atoms with E-state index < -0.39 is 6.10 Å². The van der Waals surface area contributed by atoms with Crippen LogP contribution < -0.4 is 14.9 Å². The molecule has 0 aliphatic carbocycles. The Morgan fingerprint density at radius 1 is 1.24 bits per heavy atom. The molecule has 3 rings (SSSR count). The number of ether oxygens (including phenoxy) is 2. The maximum atomic E-state index is 10.4. The van der Waals surface area contributed by atoms with Gasteiger partial charge >= 0.3 is 0 Å². The standard InChI is InChI=1S/C16H24N2O3/c1-11-4-3-5-12(2)18(11)17-9-14(19)13-6-7-15-16(8-13)21-10-20-15/h6-8,11-12,14,17,19H,3-5,9-10H2,1-2H3. The molecule has 1 aromatic carbocycles. The molecule has 0 aromatic heterocycles. The van der Waals surface area contributed by atoms with E-state index in [9.17, 15) is 5.11 Å². The number of nitrogens with one attached hydrogen (secondary N) is 1. The van der Waals surface area contributed by atoms with Crippen molar-refractivity contribution in [1.29, 1.82) is 0 Å². The first-order valence-electron chi connectivity index (χ1n) is 7.74. The second kappa shape index (κ2) is 6.22. The molecule has 2 heterocycles. The summed E-state index contributed by atoms with van der Waals surface area (Å²) in [5.74, 6) is 1.46. The number of fused-ring (bicyclic) bond motifs is 1. The van der Waals surface area contributed by atoms with Gasteiger partial charge in [-0.1, -0.05) is 12.5 Å². The number of aliphatic hydroxyl groups excluding tert-OH is 1. The van der Waals surface area contributed by atoms with Crippen LogP contribution in [-0.2, 0) is 0 Å². The van der Waals surface area contributed by atoms with Crippen molar-refractivity contribution in [2.45, 2.75) is 51.3 Å². The Morgan fingerprint density at radius 2 is 1.95 bits per heavy atom. The zero-order valence-electron chi connectivity index (χ0n) is 12.7. The molecule has 2 aliphatic heterocycles. The Kier molecular flexibility index (Phi) is 4.33. The molecule has 0 saturated carbocycles. The van der Waals surface area contributed by atoms with Gasteiger partial charge in [0.25, 0.3) is 0 Å². The highest BCUT2D eigenvalue weighted by Crippen LogP contribution is 2.34. The van der Waals surface area contributed by atoms with E-state index in [1.165, 1.54) is 19.3 Å². The fraction of sp³-hybridized carbons (Fsp3) is 0.625. The van der Waals surface area contributed by atoms with Crippen molar-refractivity contribution in [1.82, 2.24) is 10.4 Å². The van der Waals surface area contributed by atoms with Crippen LogP contribution in [0.1, 0.15) is 44.8 Å². The van der Waals surface area contributed by atoms with E-state index in [-0.39, 0.29) is 6.79 Å². The van der Waals surface area contributed by atoms with Gasteiger partial charge in [0.15, 0.2) is 11.5 Å². The number of hydrazine groups is 1. The van der Waals surface area contributed by atoms with Crippen LogP contribution in [0, 0.1) is 0 Å². The Bertz CT molecular complexity index is 484. The maximum Gasteiger partial charge on any atom is 0.231 e. The van der Waals surface area contributed by atoms with E-state index in [1.807, 2.05) is 18.2 Å². The number of piperidine rings is 1. The van der Waals surface area contributed by atoms with Crippen LogP contribution >= 0.6 is 0 Å². The van der Waals surface area contributed by atoms with E-state index in [1.54, 1.807) is 0 Å². The summed E-state index contributed by atoms with van der Waals surface area (Å²) in [6, 6.07) is 6.63. The largest absolute Gasteiger partial charge is 0.454 e. The van der Waals surface area contributed by atoms with Crippen LogP contribution in [0.4, 0.5) is 0 Å². The molecule has 0 bridgehead atoms. The van der Waals surface area contributed by atoms with Gasteiger partial charge in [-0.2, -0.15) is 0 Å². The van der Waals surface area contributed by atoms with Gasteiger partial charge in [-0.15, -0.1) is 0 Å². The van der Waals surface area contributed by atoms with Crippen molar-refractivity contribution in [3.05, 3.63) is 23.8 Å². The molecule has 5 nitrogen and oxygen atoms in total. The molecule has 0 radical (unpaired) electrons. The number of nitrogens with zero attached hydrogens (tertiary/aromatic N) is 1. The number of benzene rings is 1. The third-order valence-corrected chi connectivity index (χ3v) is 4.44. The topological polar surface area (TPSA) is 54.0 Å². The Balaban J connectivity index is 1.59. The summed E-state index contributed by atoms with van der Waals surface area (Å²) in [7, 11) is 0. The summed E-state index contributed by atoms with van der Waals surface area (Å²) >= 11 is 0. The Morgan fingerprint density at radius 3 is 2.71 bits per heavy atom. The molecule has 0 spiro atoms. The smallest absolute Gasteiger partial charge is 0.231 e. The second-order valence-electron chi connectivity index (χ2n) is 6.03. The van der Waals surface area contributed by atoms with Crippen LogP contribution in [0.2, 0.25) is 0 Å². The number of hydrogen-bond donors (Lipinski definition) is 2. The van der Waals surface area contributed by atoms with Gasteiger partial charge in [0.05, 0.1) is 6.10 Å². The van der Waals surface area contributed by atoms with Crippen molar-refractivity contribution < 1.29 is 14.6 Å². The molecule has 5 heteroatoms. The van der Waals surface area contributed by atoms with E-state index >= 15 is 0 Å². The van der Waals surface area contributed by atoms with Crippen LogP contribution in [0.5, 0.6) is 11.5 Å². The molecule has 1 saturated heterocycles. The second-order valence-corrected chi connectivity index (χ2v) is 6.03. The van der Waals surface area contributed by atoms with Crippen molar-refractivity contribution in [2.24, 2.45) is 0 Å². The van der Waals surface area contributed by atoms with Gasteiger partial charge in [0.1, 0.15) is 0 Å². The number of rotatable bonds is 4. The monoisotopic (exact) mass is 292 g/mol. The Labute approximate surface area is 125 Å². The normalized spacial score (nSPS) is 26.8. The molecular formula is C16H24N2O3. The lowest BCUT2D eigenvalue weighted by atomic mass is 10.00. The fourth-order valence-electron chi connectivity index (χ4n) is 3.16. The molecule has 116 valence electrons. The van der Waals surface area contributed by atoms with Crippen molar-refractivity contribution in [3.8, 4) is 11.5 Å². The molecular weight excluding hydrogens is 268 g/mol. The van der Waals surface area contributed by atoms with E-state index in [0.717, 1.165) is 11.3 Å². The summed E-state index contributed by atoms with van der Waals surface area (Å²) in [6.45, 7) is 5.23. The van der Waals surface area contributed by atoms with Gasteiger partial charge in [0.2, 0.25) is 6.79 Å². The van der Waals surface area contributed by atoms with Gasteiger partial charge in [-0.25, -0.2) is 5.01 Å². The first-order chi connectivity index (χ1) is 10.1. The molecule has 2 aliphatic rings. The average Bonchev–Trinajstić information content (AvgIpc) is 2.93. The summed E-state index contributed by atoms with van der Waals surface area (Å²) < 4.78 is 10.6. The number of aliphatic hydroxyl groups is 1.